The maximum absolute atomic E-state index is 13.1. The van der Waals surface area contributed by atoms with Gasteiger partial charge in [-0.25, -0.2) is 14.3 Å². The predicted octanol–water partition coefficient (Wildman–Crippen LogP) is 6.51. The molecule has 7 nitrogen and oxygen atoms in total. The Morgan fingerprint density at radius 1 is 0.923 bits per heavy atom. The number of hydrogen-bond donors (Lipinski definition) is 1. The van der Waals surface area contributed by atoms with Gasteiger partial charge in [-0.05, 0) is 61.0 Å². The molecule has 0 spiro atoms. The van der Waals surface area contributed by atoms with E-state index in [1.807, 2.05) is 12.1 Å². The first-order valence-corrected chi connectivity index (χ1v) is 11.9. The van der Waals surface area contributed by atoms with Crippen LogP contribution in [0.25, 0.3) is 28.0 Å². The molecule has 0 radical (unpaired) electrons. The number of rotatable bonds is 6. The van der Waals surface area contributed by atoms with Crippen LogP contribution in [0, 0.1) is 0 Å². The lowest BCUT2D eigenvalue weighted by molar-refractivity contribution is -0.137. The molecule has 10 heteroatoms. The molecule has 3 aromatic carbocycles. The molecule has 5 rings (SSSR count). The third-order valence-corrected chi connectivity index (χ3v) is 5.95. The number of alkyl halides is 3. The summed E-state index contributed by atoms with van der Waals surface area (Å²) in [6.07, 6.45) is -1.28. The van der Waals surface area contributed by atoms with Crippen molar-refractivity contribution in [2.75, 3.05) is 11.9 Å². The number of amides is 1. The van der Waals surface area contributed by atoms with Crippen molar-refractivity contribution in [2.24, 2.45) is 0 Å². The second kappa shape index (κ2) is 10.4. The van der Waals surface area contributed by atoms with Crippen LogP contribution < -0.4 is 5.32 Å². The number of nitrogens with one attached hydrogen (secondary N) is 1. The van der Waals surface area contributed by atoms with E-state index in [0.29, 0.717) is 33.7 Å². The molecule has 0 saturated carbocycles. The van der Waals surface area contributed by atoms with Crippen LogP contribution in [0.5, 0.6) is 0 Å². The molecule has 0 fully saturated rings. The summed E-state index contributed by atoms with van der Waals surface area (Å²) < 4.78 is 45.9. The first kappa shape index (κ1) is 25.7. The molecule has 0 aliphatic rings. The first-order chi connectivity index (χ1) is 18.7. The molecule has 0 aliphatic carbocycles. The van der Waals surface area contributed by atoms with Crippen LogP contribution in [0.3, 0.4) is 0 Å². The van der Waals surface area contributed by atoms with Crippen molar-refractivity contribution < 1.29 is 27.5 Å². The molecule has 0 bridgehead atoms. The van der Waals surface area contributed by atoms with Crippen molar-refractivity contribution in [2.45, 2.75) is 13.1 Å². The van der Waals surface area contributed by atoms with Crippen molar-refractivity contribution in [1.82, 2.24) is 14.6 Å². The number of carbonyl (C=O) groups excluding carboxylic acids is 2. The largest absolute Gasteiger partial charge is 0.462 e. The summed E-state index contributed by atoms with van der Waals surface area (Å²) in [5.74, 6) is -1.09. The van der Waals surface area contributed by atoms with Gasteiger partial charge in [0.2, 0.25) is 0 Å². The summed E-state index contributed by atoms with van der Waals surface area (Å²) in [4.78, 5) is 29.4. The number of hydrogen-bond acceptors (Lipinski definition) is 5. The molecule has 2 heterocycles. The molecule has 0 aliphatic heterocycles. The molecule has 1 amide bonds. The van der Waals surface area contributed by atoms with Crippen LogP contribution >= 0.6 is 0 Å². The molecular weight excluding hydrogens is 509 g/mol. The van der Waals surface area contributed by atoms with Crippen molar-refractivity contribution in [3.8, 4) is 22.4 Å². The number of aromatic nitrogens is 3. The Morgan fingerprint density at radius 2 is 1.67 bits per heavy atom. The SMILES string of the molecule is CCOC(=O)c1cccc(-c2cnn3c(-c4cccc(NC(=O)c5cccc(C(F)(F)F)c5)c4)ccnc23)c1. The van der Waals surface area contributed by atoms with Crippen molar-refractivity contribution in [3.63, 3.8) is 0 Å². The molecule has 0 saturated heterocycles. The van der Waals surface area contributed by atoms with Crippen molar-refractivity contribution >= 4 is 23.2 Å². The molecule has 1 N–H and O–H groups in total. The second-order valence-electron chi connectivity index (χ2n) is 8.54. The van der Waals surface area contributed by atoms with Gasteiger partial charge in [-0.1, -0.05) is 30.3 Å². The molecule has 39 heavy (non-hydrogen) atoms. The summed E-state index contributed by atoms with van der Waals surface area (Å²) in [6.45, 7) is 2.01. The highest BCUT2D eigenvalue weighted by atomic mass is 19.4. The molecule has 196 valence electrons. The maximum Gasteiger partial charge on any atom is 0.416 e. The lowest BCUT2D eigenvalue weighted by Crippen LogP contribution is -2.14. The second-order valence-corrected chi connectivity index (χ2v) is 8.54. The van der Waals surface area contributed by atoms with E-state index in [-0.39, 0.29) is 12.2 Å². The number of halogens is 3. The van der Waals surface area contributed by atoms with E-state index >= 15 is 0 Å². The number of fused-ring (bicyclic) bond motifs is 1. The number of benzene rings is 3. The van der Waals surface area contributed by atoms with E-state index in [4.69, 9.17) is 4.74 Å². The third kappa shape index (κ3) is 5.35. The molecule has 2 aromatic heterocycles. The first-order valence-electron chi connectivity index (χ1n) is 11.9. The Hall–Kier alpha value is -4.99. The van der Waals surface area contributed by atoms with Crippen LogP contribution in [-0.2, 0) is 10.9 Å². The number of nitrogens with zero attached hydrogens (tertiary/aromatic N) is 3. The summed E-state index contributed by atoms with van der Waals surface area (Å²) in [6, 6.07) is 19.9. The van der Waals surface area contributed by atoms with Crippen LogP contribution in [0.1, 0.15) is 33.2 Å². The third-order valence-electron chi connectivity index (χ3n) is 5.95. The van der Waals surface area contributed by atoms with Gasteiger partial charge in [0.15, 0.2) is 5.65 Å². The lowest BCUT2D eigenvalue weighted by atomic mass is 10.1. The highest BCUT2D eigenvalue weighted by molar-refractivity contribution is 6.04. The Bertz CT molecular complexity index is 1700. The van der Waals surface area contributed by atoms with Crippen LogP contribution in [0.2, 0.25) is 0 Å². The minimum absolute atomic E-state index is 0.108. The smallest absolute Gasteiger partial charge is 0.416 e. The molecular formula is C29H21F3N4O3. The van der Waals surface area contributed by atoms with E-state index < -0.39 is 23.6 Å². The zero-order valence-electron chi connectivity index (χ0n) is 20.6. The molecule has 5 aromatic rings. The van der Waals surface area contributed by atoms with Crippen molar-refractivity contribution in [1.29, 1.82) is 0 Å². The fourth-order valence-electron chi connectivity index (χ4n) is 4.14. The van der Waals surface area contributed by atoms with Gasteiger partial charge in [0.1, 0.15) is 0 Å². The number of esters is 1. The number of carbonyl (C=O) groups is 2. The zero-order chi connectivity index (χ0) is 27.6. The Morgan fingerprint density at radius 3 is 2.46 bits per heavy atom. The fraction of sp³-hybridized carbons (Fsp3) is 0.103. The van der Waals surface area contributed by atoms with E-state index in [0.717, 1.165) is 17.7 Å². The van der Waals surface area contributed by atoms with Gasteiger partial charge < -0.3 is 10.1 Å². The monoisotopic (exact) mass is 530 g/mol. The summed E-state index contributed by atoms with van der Waals surface area (Å²) in [5, 5.41) is 7.16. The quantitative estimate of drug-likeness (QED) is 0.253. The minimum Gasteiger partial charge on any atom is -0.462 e. The predicted molar refractivity (Wildman–Crippen MR) is 139 cm³/mol. The highest BCUT2D eigenvalue weighted by Gasteiger charge is 2.31. The molecule has 0 atom stereocenters. The van der Waals surface area contributed by atoms with E-state index in [2.05, 4.69) is 15.4 Å². The topological polar surface area (TPSA) is 85.6 Å². The van der Waals surface area contributed by atoms with E-state index in [1.54, 1.807) is 66.3 Å². The van der Waals surface area contributed by atoms with Gasteiger partial charge in [-0.3, -0.25) is 4.79 Å². The minimum atomic E-state index is -4.55. The van der Waals surface area contributed by atoms with Crippen LogP contribution in [0.15, 0.2) is 91.3 Å². The number of ether oxygens (including phenoxy) is 1. The maximum atomic E-state index is 13.1. The van der Waals surface area contributed by atoms with Gasteiger partial charge in [0, 0.05) is 28.6 Å². The van der Waals surface area contributed by atoms with E-state index in [9.17, 15) is 22.8 Å². The van der Waals surface area contributed by atoms with Gasteiger partial charge in [0.25, 0.3) is 5.91 Å². The normalized spacial score (nSPS) is 11.4. The average molecular weight is 531 g/mol. The van der Waals surface area contributed by atoms with Gasteiger partial charge in [0.05, 0.1) is 29.6 Å². The van der Waals surface area contributed by atoms with Gasteiger partial charge in [-0.15, -0.1) is 0 Å². The Labute approximate surface area is 220 Å². The van der Waals surface area contributed by atoms with Crippen LogP contribution in [-0.4, -0.2) is 33.1 Å². The van der Waals surface area contributed by atoms with Gasteiger partial charge in [-0.2, -0.15) is 18.3 Å². The summed E-state index contributed by atoms with van der Waals surface area (Å²) in [5.41, 5.74) is 3.16. The Kier molecular flexibility index (Phi) is 6.84. The molecule has 0 unspecified atom stereocenters. The van der Waals surface area contributed by atoms with Crippen molar-refractivity contribution in [3.05, 3.63) is 108 Å². The summed E-state index contributed by atoms with van der Waals surface area (Å²) >= 11 is 0. The Balaban J connectivity index is 1.45. The lowest BCUT2D eigenvalue weighted by Gasteiger charge is -2.11. The number of anilines is 1. The average Bonchev–Trinajstić information content (AvgIpc) is 3.37. The van der Waals surface area contributed by atoms with Crippen LogP contribution in [0.4, 0.5) is 18.9 Å². The standard InChI is InChI=1S/C29H21F3N4O3/c1-2-39-28(38)21-9-3-6-18(14-21)24-17-34-36-25(12-13-33-26(24)36)19-7-5-11-23(16-19)35-27(37)20-8-4-10-22(15-20)29(30,31)32/h3-17H,2H2,1H3,(H,35,37). The highest BCUT2D eigenvalue weighted by Crippen LogP contribution is 2.31. The van der Waals surface area contributed by atoms with Gasteiger partial charge >= 0.3 is 12.1 Å². The van der Waals surface area contributed by atoms with E-state index in [1.165, 1.54) is 12.1 Å². The summed E-state index contributed by atoms with van der Waals surface area (Å²) in [7, 11) is 0. The fourth-order valence-corrected chi connectivity index (χ4v) is 4.14. The zero-order valence-corrected chi connectivity index (χ0v) is 20.6.